The van der Waals surface area contributed by atoms with E-state index in [1.54, 1.807) is 6.92 Å². The average molecular weight is 278 g/mol. The lowest BCUT2D eigenvalue weighted by molar-refractivity contribution is -0.167. The quantitative estimate of drug-likeness (QED) is 0.856. The highest BCUT2D eigenvalue weighted by Crippen LogP contribution is 2.36. The van der Waals surface area contributed by atoms with E-state index in [1.807, 2.05) is 0 Å². The number of alkyl halides is 3. The summed E-state index contributed by atoms with van der Waals surface area (Å²) in [7, 11) is 0. The molecule has 110 valence electrons. The van der Waals surface area contributed by atoms with Crippen LogP contribution in [0.2, 0.25) is 0 Å². The first kappa shape index (κ1) is 14.6. The number of carbonyl (C=O) groups is 1. The molecule has 1 heterocycles. The summed E-state index contributed by atoms with van der Waals surface area (Å²) in [6.07, 6.45) is 0.0716. The number of nitrogens with zero attached hydrogens (tertiary/aromatic N) is 1. The zero-order valence-corrected chi connectivity index (χ0v) is 11.2. The molecule has 1 saturated heterocycles. The van der Waals surface area contributed by atoms with E-state index >= 15 is 0 Å². The smallest absolute Gasteiger partial charge is 0.329 e. The van der Waals surface area contributed by atoms with Crippen molar-refractivity contribution in [1.82, 2.24) is 10.2 Å². The fourth-order valence-corrected chi connectivity index (χ4v) is 2.71. The largest absolute Gasteiger partial charge is 0.406 e. The SMILES string of the molecule is CC(C1CC1)N(CC(F)(F)F)C(=O)[C@@H]1CCCCN1. The molecule has 0 radical (unpaired) electrons. The maximum absolute atomic E-state index is 12.7. The maximum atomic E-state index is 12.7. The van der Waals surface area contributed by atoms with E-state index in [-0.39, 0.29) is 17.9 Å². The van der Waals surface area contributed by atoms with Gasteiger partial charge in [-0.1, -0.05) is 6.42 Å². The van der Waals surface area contributed by atoms with Gasteiger partial charge in [-0.05, 0) is 45.1 Å². The van der Waals surface area contributed by atoms with Crippen LogP contribution >= 0.6 is 0 Å². The van der Waals surface area contributed by atoms with Crippen LogP contribution < -0.4 is 5.32 Å². The number of nitrogens with one attached hydrogen (secondary N) is 1. The van der Waals surface area contributed by atoms with Crippen molar-refractivity contribution in [1.29, 1.82) is 0 Å². The highest BCUT2D eigenvalue weighted by molar-refractivity contribution is 5.82. The second-order valence-electron chi connectivity index (χ2n) is 5.66. The van der Waals surface area contributed by atoms with Crippen molar-refractivity contribution in [2.45, 2.75) is 57.3 Å². The molecule has 19 heavy (non-hydrogen) atoms. The Hall–Kier alpha value is -0.780. The minimum absolute atomic E-state index is 0.245. The summed E-state index contributed by atoms with van der Waals surface area (Å²) in [5.41, 5.74) is 0. The second-order valence-corrected chi connectivity index (χ2v) is 5.66. The first-order chi connectivity index (χ1) is 8.88. The molecule has 2 atom stereocenters. The van der Waals surface area contributed by atoms with E-state index in [4.69, 9.17) is 0 Å². The summed E-state index contributed by atoms with van der Waals surface area (Å²) in [5, 5.41) is 3.04. The van der Waals surface area contributed by atoms with Gasteiger partial charge in [0.15, 0.2) is 0 Å². The molecule has 1 amide bonds. The van der Waals surface area contributed by atoms with Gasteiger partial charge in [0, 0.05) is 6.04 Å². The van der Waals surface area contributed by atoms with Gasteiger partial charge in [-0.2, -0.15) is 13.2 Å². The minimum atomic E-state index is -4.33. The monoisotopic (exact) mass is 278 g/mol. The number of rotatable bonds is 4. The molecule has 1 N–H and O–H groups in total. The van der Waals surface area contributed by atoms with Crippen LogP contribution in [0.25, 0.3) is 0 Å². The fraction of sp³-hybridized carbons (Fsp3) is 0.923. The summed E-state index contributed by atoms with van der Waals surface area (Å²) in [6.45, 7) is 1.33. The molecule has 1 unspecified atom stereocenters. The summed E-state index contributed by atoms with van der Waals surface area (Å²) in [5.74, 6) is -0.133. The Bertz CT molecular complexity index is 322. The zero-order valence-electron chi connectivity index (χ0n) is 11.2. The molecule has 2 rings (SSSR count). The Morgan fingerprint density at radius 2 is 2.00 bits per heavy atom. The third kappa shape index (κ3) is 4.09. The van der Waals surface area contributed by atoms with Crippen molar-refractivity contribution in [2.24, 2.45) is 5.92 Å². The predicted octanol–water partition coefficient (Wildman–Crippen LogP) is 2.32. The maximum Gasteiger partial charge on any atom is 0.406 e. The molecule has 1 aliphatic carbocycles. The molecular weight excluding hydrogens is 257 g/mol. The van der Waals surface area contributed by atoms with Crippen LogP contribution in [-0.4, -0.2) is 42.2 Å². The summed E-state index contributed by atoms with van der Waals surface area (Å²) in [6, 6.07) is -0.741. The summed E-state index contributed by atoms with van der Waals surface area (Å²) < 4.78 is 38.0. The van der Waals surface area contributed by atoms with E-state index in [9.17, 15) is 18.0 Å². The Kier molecular flexibility index (Phi) is 4.38. The number of halogens is 3. The van der Waals surface area contributed by atoms with E-state index in [2.05, 4.69) is 5.32 Å². The highest BCUT2D eigenvalue weighted by atomic mass is 19.4. The fourth-order valence-electron chi connectivity index (χ4n) is 2.71. The second kappa shape index (κ2) is 5.69. The van der Waals surface area contributed by atoms with Crippen LogP contribution in [0, 0.1) is 5.92 Å². The molecule has 0 bridgehead atoms. The number of piperidine rings is 1. The molecule has 0 aromatic rings. The molecule has 2 fully saturated rings. The van der Waals surface area contributed by atoms with Gasteiger partial charge in [-0.3, -0.25) is 4.79 Å². The third-order valence-corrected chi connectivity index (χ3v) is 4.04. The van der Waals surface area contributed by atoms with Gasteiger partial charge in [-0.15, -0.1) is 0 Å². The van der Waals surface area contributed by atoms with Gasteiger partial charge in [0.1, 0.15) is 6.54 Å². The van der Waals surface area contributed by atoms with Crippen molar-refractivity contribution >= 4 is 5.91 Å². The van der Waals surface area contributed by atoms with Gasteiger partial charge in [-0.25, -0.2) is 0 Å². The topological polar surface area (TPSA) is 32.3 Å². The van der Waals surface area contributed by atoms with Crippen molar-refractivity contribution in [3.05, 3.63) is 0 Å². The van der Waals surface area contributed by atoms with E-state index < -0.39 is 18.8 Å². The van der Waals surface area contributed by atoms with Crippen LogP contribution in [0.3, 0.4) is 0 Å². The number of hydrogen-bond acceptors (Lipinski definition) is 2. The Labute approximate surface area is 111 Å². The molecular formula is C13H21F3N2O. The lowest BCUT2D eigenvalue weighted by atomic mass is 10.0. The van der Waals surface area contributed by atoms with Gasteiger partial charge in [0.25, 0.3) is 0 Å². The highest BCUT2D eigenvalue weighted by Gasteiger charge is 2.42. The summed E-state index contributed by atoms with van der Waals surface area (Å²) >= 11 is 0. The van der Waals surface area contributed by atoms with Crippen LogP contribution in [0.4, 0.5) is 13.2 Å². The molecule has 0 aromatic heterocycles. The molecule has 2 aliphatic rings. The van der Waals surface area contributed by atoms with Crippen molar-refractivity contribution in [3.63, 3.8) is 0 Å². The van der Waals surface area contributed by atoms with E-state index in [1.165, 1.54) is 0 Å². The third-order valence-electron chi connectivity index (χ3n) is 4.04. The predicted molar refractivity (Wildman–Crippen MR) is 65.6 cm³/mol. The van der Waals surface area contributed by atoms with Gasteiger partial charge >= 0.3 is 6.18 Å². The van der Waals surface area contributed by atoms with Gasteiger partial charge in [0.05, 0.1) is 6.04 Å². The van der Waals surface area contributed by atoms with E-state index in [0.717, 1.165) is 30.6 Å². The first-order valence-corrected chi connectivity index (χ1v) is 6.99. The summed E-state index contributed by atoms with van der Waals surface area (Å²) in [4.78, 5) is 13.4. The van der Waals surface area contributed by atoms with Crippen LogP contribution in [0.1, 0.15) is 39.0 Å². The average Bonchev–Trinajstić information content (AvgIpc) is 3.18. The number of carbonyl (C=O) groups excluding carboxylic acids is 1. The van der Waals surface area contributed by atoms with Gasteiger partial charge in [0.2, 0.25) is 5.91 Å². The zero-order chi connectivity index (χ0) is 14.0. The lowest BCUT2D eigenvalue weighted by Crippen LogP contribution is -2.54. The normalized spacial score (nSPS) is 26.0. The van der Waals surface area contributed by atoms with Crippen molar-refractivity contribution in [3.8, 4) is 0 Å². The first-order valence-electron chi connectivity index (χ1n) is 6.99. The molecule has 3 nitrogen and oxygen atoms in total. The van der Waals surface area contributed by atoms with Crippen LogP contribution in [-0.2, 0) is 4.79 Å². The Morgan fingerprint density at radius 3 is 2.47 bits per heavy atom. The number of amides is 1. The molecule has 1 aliphatic heterocycles. The molecule has 0 aromatic carbocycles. The van der Waals surface area contributed by atoms with E-state index in [0.29, 0.717) is 13.0 Å². The Morgan fingerprint density at radius 1 is 1.32 bits per heavy atom. The number of hydrogen-bond donors (Lipinski definition) is 1. The molecule has 1 saturated carbocycles. The minimum Gasteiger partial charge on any atom is -0.329 e. The van der Waals surface area contributed by atoms with Gasteiger partial charge < -0.3 is 10.2 Å². The standard InChI is InChI=1S/C13H21F3N2O/c1-9(10-5-6-10)18(8-13(14,15)16)12(19)11-4-2-3-7-17-11/h9-11,17H,2-8H2,1H3/t9?,11-/m0/s1. The van der Waals surface area contributed by atoms with Crippen molar-refractivity contribution in [2.75, 3.05) is 13.1 Å². The molecule has 6 heteroatoms. The van der Waals surface area contributed by atoms with Crippen LogP contribution in [0.5, 0.6) is 0 Å². The Balaban J connectivity index is 2.04. The molecule has 0 spiro atoms. The van der Waals surface area contributed by atoms with Crippen LogP contribution in [0.15, 0.2) is 0 Å². The van der Waals surface area contributed by atoms with Crippen molar-refractivity contribution < 1.29 is 18.0 Å². The lowest BCUT2D eigenvalue weighted by Gasteiger charge is -2.34.